The van der Waals surface area contributed by atoms with Gasteiger partial charge < -0.3 is 4.74 Å². The van der Waals surface area contributed by atoms with Crippen LogP contribution < -0.4 is 0 Å². The molecule has 0 aliphatic rings. The zero-order valence-corrected chi connectivity index (χ0v) is 5.77. The monoisotopic (exact) mass is 113 g/mol. The number of rotatable bonds is 3. The Morgan fingerprint density at radius 1 is 1.50 bits per heavy atom. The molecule has 0 saturated heterocycles. The highest BCUT2D eigenvalue weighted by Crippen LogP contribution is 1.92. The summed E-state index contributed by atoms with van der Waals surface area (Å²) in [4.78, 5) is 0. The third-order valence-corrected chi connectivity index (χ3v) is 0.970. The molecule has 0 N–H and O–H groups in total. The number of hydrogen-bond acceptors (Lipinski definition) is 1. The Kier molecular flexibility index (Phi) is 4.67. The van der Waals surface area contributed by atoms with E-state index in [0.717, 1.165) is 6.61 Å². The maximum Gasteiger partial charge on any atom is 0.0810 e. The Bertz CT molecular complexity index is 74.5. The Morgan fingerprint density at radius 2 is 2.12 bits per heavy atom. The zero-order chi connectivity index (χ0) is 6.41. The third kappa shape index (κ3) is 3.88. The van der Waals surface area contributed by atoms with E-state index in [-0.39, 0.29) is 0 Å². The van der Waals surface area contributed by atoms with Crippen LogP contribution in [0.5, 0.6) is 0 Å². The minimum absolute atomic E-state index is 0.729. The molecule has 1 radical (unpaired) electrons. The lowest BCUT2D eigenvalue weighted by atomic mass is 10.3. The van der Waals surface area contributed by atoms with Crippen LogP contribution in [0.25, 0.3) is 0 Å². The first-order chi connectivity index (χ1) is 3.81. The van der Waals surface area contributed by atoms with Gasteiger partial charge in [-0.15, -0.1) is 0 Å². The van der Waals surface area contributed by atoms with E-state index >= 15 is 0 Å². The van der Waals surface area contributed by atoms with E-state index in [4.69, 9.17) is 4.74 Å². The second-order valence-electron chi connectivity index (χ2n) is 1.68. The number of allylic oxidation sites excluding steroid dienone is 1. The fraction of sp³-hybridized carbons (Fsp3) is 0.571. The summed E-state index contributed by atoms with van der Waals surface area (Å²) >= 11 is 0. The van der Waals surface area contributed by atoms with Crippen LogP contribution in [-0.2, 0) is 4.74 Å². The average molecular weight is 113 g/mol. The summed E-state index contributed by atoms with van der Waals surface area (Å²) in [6.45, 7) is 8.36. The van der Waals surface area contributed by atoms with Crippen molar-refractivity contribution in [2.45, 2.75) is 20.8 Å². The smallest absolute Gasteiger partial charge is 0.0810 e. The molecule has 1 nitrogen and oxygen atoms in total. The maximum absolute atomic E-state index is 4.99. The van der Waals surface area contributed by atoms with Crippen molar-refractivity contribution in [3.63, 3.8) is 0 Å². The molecule has 0 rings (SSSR count). The van der Waals surface area contributed by atoms with Crippen molar-refractivity contribution in [1.82, 2.24) is 0 Å². The molecule has 0 saturated carbocycles. The predicted octanol–water partition coefficient (Wildman–Crippen LogP) is 2.15. The third-order valence-electron chi connectivity index (χ3n) is 0.970. The van der Waals surface area contributed by atoms with Gasteiger partial charge in [0.05, 0.1) is 13.2 Å². The molecular weight excluding hydrogens is 100 g/mol. The molecule has 0 aliphatic carbocycles. The molecule has 1 heteroatoms. The van der Waals surface area contributed by atoms with Gasteiger partial charge in [-0.05, 0) is 20.8 Å². The molecule has 0 aromatic carbocycles. The van der Waals surface area contributed by atoms with E-state index in [1.807, 2.05) is 26.8 Å². The molecule has 0 fully saturated rings. The van der Waals surface area contributed by atoms with Crippen LogP contribution in [0.1, 0.15) is 20.8 Å². The van der Waals surface area contributed by atoms with Crippen LogP contribution in [0.2, 0.25) is 0 Å². The molecule has 0 unspecified atom stereocenters. The topological polar surface area (TPSA) is 9.23 Å². The normalized spacial score (nSPS) is 12.1. The van der Waals surface area contributed by atoms with Crippen molar-refractivity contribution in [3.05, 3.63) is 18.3 Å². The van der Waals surface area contributed by atoms with Crippen LogP contribution in [-0.4, -0.2) is 6.61 Å². The lowest BCUT2D eigenvalue weighted by Crippen LogP contribution is -1.89. The fourth-order valence-corrected chi connectivity index (χ4v) is 0.298. The number of ether oxygens (including phenoxy) is 1. The van der Waals surface area contributed by atoms with Crippen molar-refractivity contribution >= 4 is 0 Å². The SMILES string of the molecule is C[CH]OC/C(C)=C/C. The van der Waals surface area contributed by atoms with Crippen molar-refractivity contribution in [2.75, 3.05) is 6.61 Å². The van der Waals surface area contributed by atoms with Gasteiger partial charge in [0.2, 0.25) is 0 Å². The molecular formula is C7H13O. The number of hydrogen-bond donors (Lipinski definition) is 0. The largest absolute Gasteiger partial charge is 0.372 e. The van der Waals surface area contributed by atoms with Crippen molar-refractivity contribution in [2.24, 2.45) is 0 Å². The maximum atomic E-state index is 4.99. The highest BCUT2D eigenvalue weighted by molar-refractivity contribution is 4.95. The van der Waals surface area contributed by atoms with E-state index in [1.54, 1.807) is 6.61 Å². The van der Waals surface area contributed by atoms with E-state index in [9.17, 15) is 0 Å². The van der Waals surface area contributed by atoms with Gasteiger partial charge in [-0.2, -0.15) is 0 Å². The molecule has 0 bridgehead atoms. The summed E-state index contributed by atoms with van der Waals surface area (Å²) in [5.41, 5.74) is 1.27. The van der Waals surface area contributed by atoms with Gasteiger partial charge >= 0.3 is 0 Å². The van der Waals surface area contributed by atoms with Crippen LogP contribution in [0.3, 0.4) is 0 Å². The van der Waals surface area contributed by atoms with E-state index in [0.29, 0.717) is 0 Å². The quantitative estimate of drug-likeness (QED) is 0.509. The van der Waals surface area contributed by atoms with Gasteiger partial charge in [-0.1, -0.05) is 11.6 Å². The Balaban J connectivity index is 3.12. The van der Waals surface area contributed by atoms with E-state index in [2.05, 4.69) is 0 Å². The lowest BCUT2D eigenvalue weighted by molar-refractivity contribution is 0.231. The Hall–Kier alpha value is -0.300. The Labute approximate surface area is 51.4 Å². The van der Waals surface area contributed by atoms with Gasteiger partial charge in [-0.3, -0.25) is 0 Å². The molecule has 0 heterocycles. The molecule has 8 heavy (non-hydrogen) atoms. The molecule has 0 aromatic rings. The van der Waals surface area contributed by atoms with E-state index in [1.165, 1.54) is 5.57 Å². The van der Waals surface area contributed by atoms with Crippen LogP contribution in [0.15, 0.2) is 11.6 Å². The first-order valence-electron chi connectivity index (χ1n) is 2.82. The van der Waals surface area contributed by atoms with E-state index < -0.39 is 0 Å². The first-order valence-corrected chi connectivity index (χ1v) is 2.82. The van der Waals surface area contributed by atoms with Gasteiger partial charge in [0.25, 0.3) is 0 Å². The van der Waals surface area contributed by atoms with Crippen LogP contribution in [0, 0.1) is 6.61 Å². The summed E-state index contributed by atoms with van der Waals surface area (Å²) in [7, 11) is 0. The molecule has 0 amide bonds. The van der Waals surface area contributed by atoms with Crippen molar-refractivity contribution in [3.8, 4) is 0 Å². The standard InChI is InChI=1S/C7H13O/c1-4-7(3)6-8-5-2/h4-5H,6H2,1-3H3/b7-4+. The van der Waals surface area contributed by atoms with Gasteiger partial charge in [0, 0.05) is 0 Å². The Morgan fingerprint density at radius 3 is 2.50 bits per heavy atom. The van der Waals surface area contributed by atoms with Crippen LogP contribution in [0.4, 0.5) is 0 Å². The summed E-state index contributed by atoms with van der Waals surface area (Å²) in [5.74, 6) is 0. The minimum atomic E-state index is 0.729. The second kappa shape index (κ2) is 4.85. The molecule has 0 aliphatic heterocycles. The van der Waals surface area contributed by atoms with Gasteiger partial charge in [0.1, 0.15) is 0 Å². The van der Waals surface area contributed by atoms with Crippen molar-refractivity contribution in [1.29, 1.82) is 0 Å². The fourth-order valence-electron chi connectivity index (χ4n) is 0.298. The second-order valence-corrected chi connectivity index (χ2v) is 1.68. The van der Waals surface area contributed by atoms with Gasteiger partial charge in [-0.25, -0.2) is 0 Å². The molecule has 0 spiro atoms. The average Bonchev–Trinajstić information content (AvgIpc) is 1.83. The molecule has 0 aromatic heterocycles. The summed E-state index contributed by atoms with van der Waals surface area (Å²) in [5, 5.41) is 0. The highest BCUT2D eigenvalue weighted by atomic mass is 16.5. The predicted molar refractivity (Wildman–Crippen MR) is 35.4 cm³/mol. The lowest BCUT2D eigenvalue weighted by Gasteiger charge is -1.97. The molecule has 0 atom stereocenters. The summed E-state index contributed by atoms with van der Waals surface area (Å²) in [6.07, 6.45) is 2.05. The zero-order valence-electron chi connectivity index (χ0n) is 5.77. The van der Waals surface area contributed by atoms with Crippen LogP contribution >= 0.6 is 0 Å². The molecule has 47 valence electrons. The summed E-state index contributed by atoms with van der Waals surface area (Å²) in [6, 6.07) is 0. The highest BCUT2D eigenvalue weighted by Gasteiger charge is 1.83. The van der Waals surface area contributed by atoms with Gasteiger partial charge in [0.15, 0.2) is 0 Å². The van der Waals surface area contributed by atoms with Crippen molar-refractivity contribution < 1.29 is 4.74 Å². The first kappa shape index (κ1) is 7.70. The summed E-state index contributed by atoms with van der Waals surface area (Å²) < 4.78 is 4.99. The minimum Gasteiger partial charge on any atom is -0.372 e.